The Morgan fingerprint density at radius 2 is 2.11 bits per heavy atom. The number of benzene rings is 1. The van der Waals surface area contributed by atoms with Gasteiger partial charge in [-0.1, -0.05) is 0 Å². The highest BCUT2D eigenvalue weighted by Gasteiger charge is 2.16. The Labute approximate surface area is 109 Å². The molecule has 0 saturated heterocycles. The Hall–Kier alpha value is -2.77. The fourth-order valence-electron chi connectivity index (χ4n) is 1.60. The van der Waals surface area contributed by atoms with Crippen LogP contribution >= 0.6 is 0 Å². The fraction of sp³-hybridized carbons (Fsp3) is 0.182. The number of carbonyl (C=O) groups is 1. The van der Waals surface area contributed by atoms with Crippen LogP contribution in [0.25, 0.3) is 0 Å². The average molecular weight is 262 g/mol. The minimum atomic E-state index is -0.218. The molecular weight excluding hydrogens is 248 g/mol. The van der Waals surface area contributed by atoms with Crippen molar-refractivity contribution in [3.8, 4) is 5.75 Å². The molecule has 8 nitrogen and oxygen atoms in total. The van der Waals surface area contributed by atoms with Crippen molar-refractivity contribution in [1.82, 2.24) is 5.32 Å². The van der Waals surface area contributed by atoms with Gasteiger partial charge >= 0.3 is 0 Å². The fourth-order valence-corrected chi connectivity index (χ4v) is 1.60. The molecule has 100 valence electrons. The predicted octanol–water partition coefficient (Wildman–Crippen LogP) is -0.972. The maximum Gasteiger partial charge on any atom is 0.255 e. The van der Waals surface area contributed by atoms with Crippen LogP contribution in [0.5, 0.6) is 5.75 Å². The summed E-state index contributed by atoms with van der Waals surface area (Å²) < 4.78 is 5.41. The molecule has 0 fully saturated rings. The molecule has 8 heteroatoms. The normalized spacial score (nSPS) is 14.7. The van der Waals surface area contributed by atoms with E-state index in [0.29, 0.717) is 30.2 Å². The van der Waals surface area contributed by atoms with Crippen molar-refractivity contribution in [3.63, 3.8) is 0 Å². The number of hydrogen-bond donors (Lipinski definition) is 4. The van der Waals surface area contributed by atoms with Crippen molar-refractivity contribution in [1.29, 1.82) is 0 Å². The van der Waals surface area contributed by atoms with E-state index in [1.165, 1.54) is 0 Å². The van der Waals surface area contributed by atoms with Gasteiger partial charge in [0.05, 0.1) is 17.8 Å². The van der Waals surface area contributed by atoms with Crippen molar-refractivity contribution in [3.05, 3.63) is 23.8 Å². The number of nitrogens with two attached hydrogens (primary N) is 3. The third-order valence-electron chi connectivity index (χ3n) is 2.34. The van der Waals surface area contributed by atoms with Gasteiger partial charge in [-0.25, -0.2) is 4.99 Å². The molecule has 2 rings (SSSR count). The quantitative estimate of drug-likeness (QED) is 0.380. The van der Waals surface area contributed by atoms with Crippen LogP contribution in [0.3, 0.4) is 0 Å². The first-order valence-corrected chi connectivity index (χ1v) is 5.55. The highest BCUT2D eigenvalue weighted by molar-refractivity contribution is 5.98. The Bertz CT molecular complexity index is 562. The summed E-state index contributed by atoms with van der Waals surface area (Å²) in [5.41, 5.74) is 16.7. The number of guanidine groups is 2. The maximum atomic E-state index is 11.8. The molecule has 1 aliphatic heterocycles. The topological polar surface area (TPSA) is 141 Å². The summed E-state index contributed by atoms with van der Waals surface area (Å²) in [6.07, 6.45) is 0. The van der Waals surface area contributed by atoms with Crippen molar-refractivity contribution >= 4 is 23.5 Å². The number of fused-ring (bicyclic) bond motifs is 1. The Morgan fingerprint density at radius 1 is 1.32 bits per heavy atom. The van der Waals surface area contributed by atoms with Crippen molar-refractivity contribution in [2.45, 2.75) is 0 Å². The van der Waals surface area contributed by atoms with Gasteiger partial charge in [0.2, 0.25) is 5.96 Å². The number of hydrogen-bond acceptors (Lipinski definition) is 3. The van der Waals surface area contributed by atoms with E-state index in [2.05, 4.69) is 15.3 Å². The van der Waals surface area contributed by atoms with Gasteiger partial charge in [-0.2, -0.15) is 4.99 Å². The molecule has 1 aliphatic rings. The highest BCUT2D eigenvalue weighted by Crippen LogP contribution is 2.25. The van der Waals surface area contributed by atoms with E-state index in [4.69, 9.17) is 21.9 Å². The number of aliphatic imine (C=N–C) groups is 2. The number of amides is 1. The molecule has 1 heterocycles. The molecule has 0 spiro atoms. The van der Waals surface area contributed by atoms with Gasteiger partial charge in [-0.3, -0.25) is 4.79 Å². The van der Waals surface area contributed by atoms with E-state index in [1.807, 2.05) is 0 Å². The first-order valence-electron chi connectivity index (χ1n) is 5.55. The van der Waals surface area contributed by atoms with E-state index in [-0.39, 0.29) is 17.8 Å². The lowest BCUT2D eigenvalue weighted by Gasteiger charge is -2.05. The van der Waals surface area contributed by atoms with E-state index in [1.54, 1.807) is 18.2 Å². The smallest absolute Gasteiger partial charge is 0.255 e. The lowest BCUT2D eigenvalue weighted by atomic mass is 10.1. The maximum absolute atomic E-state index is 11.8. The number of ether oxygens (including phenoxy) is 1. The summed E-state index contributed by atoms with van der Waals surface area (Å²) in [7, 11) is 0. The van der Waals surface area contributed by atoms with E-state index in [9.17, 15) is 4.79 Å². The molecule has 0 aliphatic carbocycles. The summed E-state index contributed by atoms with van der Waals surface area (Å²) >= 11 is 0. The number of rotatable bonds is 1. The zero-order valence-corrected chi connectivity index (χ0v) is 10.1. The van der Waals surface area contributed by atoms with E-state index >= 15 is 0 Å². The largest absolute Gasteiger partial charge is 0.491 e. The predicted molar refractivity (Wildman–Crippen MR) is 71.4 cm³/mol. The molecule has 0 radical (unpaired) electrons. The number of carbonyl (C=O) groups excluding carboxylic acids is 1. The third-order valence-corrected chi connectivity index (χ3v) is 2.34. The molecule has 19 heavy (non-hydrogen) atoms. The monoisotopic (exact) mass is 262 g/mol. The van der Waals surface area contributed by atoms with Crippen LogP contribution < -0.4 is 27.3 Å². The summed E-state index contributed by atoms with van der Waals surface area (Å²) in [6, 6.07) is 4.87. The van der Waals surface area contributed by atoms with E-state index in [0.717, 1.165) is 0 Å². The molecule has 7 N–H and O–H groups in total. The summed E-state index contributed by atoms with van der Waals surface area (Å²) in [5, 5.41) is 2.70. The number of nitrogens with zero attached hydrogens (tertiary/aromatic N) is 2. The van der Waals surface area contributed by atoms with Crippen LogP contribution in [-0.2, 0) is 0 Å². The van der Waals surface area contributed by atoms with Gasteiger partial charge in [0.25, 0.3) is 5.91 Å². The number of nitrogens with one attached hydrogen (secondary N) is 1. The summed E-state index contributed by atoms with van der Waals surface area (Å²) in [5.74, 6) is 0.0197. The molecular formula is C11H14N6O2. The van der Waals surface area contributed by atoms with Crippen molar-refractivity contribution in [2.75, 3.05) is 13.2 Å². The van der Waals surface area contributed by atoms with Crippen LogP contribution in [0.2, 0.25) is 0 Å². The molecule has 0 saturated carbocycles. The lowest BCUT2D eigenvalue weighted by molar-refractivity contribution is 0.0957. The van der Waals surface area contributed by atoms with Crippen LogP contribution in [0, 0.1) is 0 Å². The molecule has 1 amide bonds. The SMILES string of the molecule is NC(N)=NC(N)=Nc1ccc2c(c1)C(=O)NCCO2. The Balaban J connectivity index is 2.35. The standard InChI is InChI=1S/C11H14N6O2/c12-10(13)17-11(14)16-6-1-2-8-7(5-6)9(18)15-3-4-19-8/h1-2,5H,3-4H2,(H,15,18)(H6,12,13,14,16,17). The van der Waals surface area contributed by atoms with E-state index < -0.39 is 0 Å². The van der Waals surface area contributed by atoms with Gasteiger partial charge in [0.1, 0.15) is 12.4 Å². The third kappa shape index (κ3) is 3.12. The van der Waals surface area contributed by atoms with Crippen LogP contribution in [-0.4, -0.2) is 31.0 Å². The minimum Gasteiger partial charge on any atom is -0.491 e. The highest BCUT2D eigenvalue weighted by atomic mass is 16.5. The van der Waals surface area contributed by atoms with Gasteiger partial charge in [0.15, 0.2) is 5.96 Å². The zero-order valence-electron chi connectivity index (χ0n) is 10.1. The van der Waals surface area contributed by atoms with Gasteiger partial charge in [0, 0.05) is 0 Å². The molecule has 0 atom stereocenters. The lowest BCUT2D eigenvalue weighted by Crippen LogP contribution is -2.26. The second-order valence-electron chi connectivity index (χ2n) is 3.79. The molecule has 0 aromatic heterocycles. The molecule has 1 aromatic carbocycles. The minimum absolute atomic E-state index is 0.0881. The summed E-state index contributed by atoms with van der Waals surface area (Å²) in [4.78, 5) is 19.4. The van der Waals surface area contributed by atoms with Crippen LogP contribution in [0.15, 0.2) is 28.2 Å². The van der Waals surface area contributed by atoms with Crippen molar-refractivity contribution < 1.29 is 9.53 Å². The first-order chi connectivity index (χ1) is 9.06. The molecule has 0 unspecified atom stereocenters. The second-order valence-corrected chi connectivity index (χ2v) is 3.79. The molecule has 1 aromatic rings. The van der Waals surface area contributed by atoms with Gasteiger partial charge in [-0.05, 0) is 18.2 Å². The van der Waals surface area contributed by atoms with Crippen molar-refractivity contribution in [2.24, 2.45) is 27.2 Å². The van der Waals surface area contributed by atoms with Crippen LogP contribution in [0.1, 0.15) is 10.4 Å². The summed E-state index contributed by atoms with van der Waals surface area (Å²) in [6.45, 7) is 0.889. The van der Waals surface area contributed by atoms with Gasteiger partial charge in [-0.15, -0.1) is 0 Å². The van der Waals surface area contributed by atoms with Gasteiger partial charge < -0.3 is 27.3 Å². The Kier molecular flexibility index (Phi) is 3.51. The zero-order chi connectivity index (χ0) is 13.8. The van der Waals surface area contributed by atoms with Crippen LogP contribution in [0.4, 0.5) is 5.69 Å². The first kappa shape index (κ1) is 12.7. The average Bonchev–Trinajstić information content (AvgIpc) is 2.51. The second kappa shape index (κ2) is 5.25. The Morgan fingerprint density at radius 3 is 2.84 bits per heavy atom. The molecule has 0 bridgehead atoms.